The monoisotopic (exact) mass is 279 g/mol. The highest BCUT2D eigenvalue weighted by molar-refractivity contribution is 5.97. The number of likely N-dealkylation sites (tertiary alicyclic amines) is 1. The average Bonchev–Trinajstić information content (AvgIpc) is 2.80. The second-order valence-electron chi connectivity index (χ2n) is 5.00. The van der Waals surface area contributed by atoms with Gasteiger partial charge in [0, 0.05) is 33.3 Å². The molecule has 1 saturated heterocycles. The molecule has 1 fully saturated rings. The van der Waals surface area contributed by atoms with E-state index in [1.165, 1.54) is 11.1 Å². The lowest BCUT2D eigenvalue weighted by atomic mass is 10.2. The highest BCUT2D eigenvalue weighted by Crippen LogP contribution is 2.21. The molecule has 1 aromatic rings. The van der Waals surface area contributed by atoms with Crippen molar-refractivity contribution in [2.24, 2.45) is 0 Å². The Hall–Kier alpha value is -2.15. The van der Waals surface area contributed by atoms with Crippen LogP contribution in [0.25, 0.3) is 0 Å². The van der Waals surface area contributed by atoms with Gasteiger partial charge in [0.1, 0.15) is 11.9 Å². The molecule has 0 aromatic carbocycles. The fraction of sp³-hybridized carbons (Fsp3) is 0.462. The van der Waals surface area contributed by atoms with Crippen LogP contribution in [0.1, 0.15) is 16.8 Å². The minimum absolute atomic E-state index is 0.0330. The molecule has 2 rings (SSSR count). The number of aromatic nitrogens is 1. The molecular formula is C13H17N3O4. The Bertz CT molecular complexity index is 515. The third kappa shape index (κ3) is 2.72. The normalized spacial score (nSPS) is 21.9. The molecule has 0 aliphatic carbocycles. The van der Waals surface area contributed by atoms with Gasteiger partial charge in [0.25, 0.3) is 5.91 Å². The molecule has 1 aromatic heterocycles. The maximum absolute atomic E-state index is 12.3. The number of nitrogens with zero attached hydrogens (tertiary/aromatic N) is 3. The van der Waals surface area contributed by atoms with Gasteiger partial charge in [0.05, 0.1) is 11.7 Å². The van der Waals surface area contributed by atoms with E-state index in [0.29, 0.717) is 11.4 Å². The predicted octanol–water partition coefficient (Wildman–Crippen LogP) is -0.192. The molecule has 2 atom stereocenters. The van der Waals surface area contributed by atoms with Crippen molar-refractivity contribution >= 4 is 17.7 Å². The van der Waals surface area contributed by atoms with E-state index in [2.05, 4.69) is 4.98 Å². The predicted molar refractivity (Wildman–Crippen MR) is 71.6 cm³/mol. The topological polar surface area (TPSA) is 94.0 Å². The highest BCUT2D eigenvalue weighted by atomic mass is 16.4. The summed E-state index contributed by atoms with van der Waals surface area (Å²) in [6.45, 7) is 0.0330. The average molecular weight is 279 g/mol. The third-order valence-corrected chi connectivity index (χ3v) is 3.28. The second-order valence-corrected chi connectivity index (χ2v) is 5.00. The Labute approximate surface area is 116 Å². The van der Waals surface area contributed by atoms with Crippen LogP contribution in [0.2, 0.25) is 0 Å². The molecule has 2 N–H and O–H groups in total. The van der Waals surface area contributed by atoms with Crippen LogP contribution in [-0.4, -0.2) is 64.8 Å². The molecule has 108 valence electrons. The lowest BCUT2D eigenvalue weighted by Gasteiger charge is -2.21. The highest BCUT2D eigenvalue weighted by Gasteiger charge is 2.39. The number of carboxylic acid groups (broad SMARTS) is 1. The summed E-state index contributed by atoms with van der Waals surface area (Å²) in [6, 6.07) is 2.31. The molecule has 2 heterocycles. The standard InChI is InChI=1S/C13H17N3O4/c1-15(2)11-4-3-8(6-14-11)12(18)16-7-9(17)5-10(16)13(19)20/h3-4,6,9-10,17H,5,7H2,1-2H3,(H,19,20). The number of β-amino-alcohol motifs (C(OH)–C–C–N with tert-alkyl or cyclic N) is 1. The minimum Gasteiger partial charge on any atom is -0.480 e. The van der Waals surface area contributed by atoms with Crippen molar-refractivity contribution in [2.75, 3.05) is 25.5 Å². The third-order valence-electron chi connectivity index (χ3n) is 3.28. The molecule has 1 aliphatic rings. The van der Waals surface area contributed by atoms with E-state index < -0.39 is 24.0 Å². The van der Waals surface area contributed by atoms with Gasteiger partial charge in [-0.1, -0.05) is 0 Å². The largest absolute Gasteiger partial charge is 0.480 e. The van der Waals surface area contributed by atoms with Crippen molar-refractivity contribution in [2.45, 2.75) is 18.6 Å². The van der Waals surface area contributed by atoms with Crippen molar-refractivity contribution in [1.82, 2.24) is 9.88 Å². The molecule has 1 amide bonds. The van der Waals surface area contributed by atoms with Gasteiger partial charge in [-0.15, -0.1) is 0 Å². The number of pyridine rings is 1. The number of amides is 1. The fourth-order valence-corrected chi connectivity index (χ4v) is 2.22. The van der Waals surface area contributed by atoms with Crippen LogP contribution in [0.15, 0.2) is 18.3 Å². The van der Waals surface area contributed by atoms with E-state index in [1.807, 2.05) is 14.1 Å². The summed E-state index contributed by atoms with van der Waals surface area (Å²) >= 11 is 0. The molecule has 7 heteroatoms. The quantitative estimate of drug-likeness (QED) is 0.796. The lowest BCUT2D eigenvalue weighted by molar-refractivity contribution is -0.141. The number of rotatable bonds is 3. The molecule has 7 nitrogen and oxygen atoms in total. The number of aliphatic hydroxyl groups is 1. The van der Waals surface area contributed by atoms with Crippen LogP contribution < -0.4 is 4.90 Å². The van der Waals surface area contributed by atoms with Crippen molar-refractivity contribution in [3.8, 4) is 0 Å². The van der Waals surface area contributed by atoms with Gasteiger partial charge in [0.2, 0.25) is 0 Å². The number of carbonyl (C=O) groups is 2. The summed E-state index contributed by atoms with van der Waals surface area (Å²) in [6.07, 6.45) is 0.681. The zero-order valence-electron chi connectivity index (χ0n) is 11.4. The molecule has 1 aliphatic heterocycles. The maximum Gasteiger partial charge on any atom is 0.326 e. The smallest absolute Gasteiger partial charge is 0.326 e. The number of carboxylic acids is 1. The number of aliphatic hydroxyl groups excluding tert-OH is 1. The van der Waals surface area contributed by atoms with Gasteiger partial charge in [-0.2, -0.15) is 0 Å². The van der Waals surface area contributed by atoms with Gasteiger partial charge in [-0.25, -0.2) is 9.78 Å². The van der Waals surface area contributed by atoms with E-state index in [1.54, 1.807) is 17.0 Å². The van der Waals surface area contributed by atoms with Gasteiger partial charge in [-0.3, -0.25) is 4.79 Å². The second kappa shape index (κ2) is 5.46. The fourth-order valence-electron chi connectivity index (χ4n) is 2.22. The van der Waals surface area contributed by atoms with E-state index in [9.17, 15) is 14.7 Å². The van der Waals surface area contributed by atoms with E-state index in [4.69, 9.17) is 5.11 Å². The van der Waals surface area contributed by atoms with Crippen LogP contribution in [0, 0.1) is 0 Å². The SMILES string of the molecule is CN(C)c1ccc(C(=O)N2CC(O)CC2C(=O)O)cn1. The summed E-state index contributed by atoms with van der Waals surface area (Å²) in [4.78, 5) is 30.5. The number of anilines is 1. The van der Waals surface area contributed by atoms with Gasteiger partial charge >= 0.3 is 5.97 Å². The molecule has 2 unspecified atom stereocenters. The van der Waals surface area contributed by atoms with Crippen LogP contribution in [0.5, 0.6) is 0 Å². The number of hydrogen-bond acceptors (Lipinski definition) is 5. The molecule has 0 spiro atoms. The lowest BCUT2D eigenvalue weighted by Crippen LogP contribution is -2.40. The molecule has 20 heavy (non-hydrogen) atoms. The molecule has 0 saturated carbocycles. The summed E-state index contributed by atoms with van der Waals surface area (Å²) in [5.74, 6) is -0.822. The van der Waals surface area contributed by atoms with Crippen molar-refractivity contribution in [3.63, 3.8) is 0 Å². The zero-order valence-corrected chi connectivity index (χ0v) is 11.4. The maximum atomic E-state index is 12.3. The zero-order chi connectivity index (χ0) is 14.9. The van der Waals surface area contributed by atoms with E-state index >= 15 is 0 Å². The van der Waals surface area contributed by atoms with Gasteiger partial charge < -0.3 is 20.0 Å². The molecule has 0 bridgehead atoms. The Morgan fingerprint density at radius 1 is 1.40 bits per heavy atom. The molecule has 0 radical (unpaired) electrons. The van der Waals surface area contributed by atoms with Crippen molar-refractivity contribution < 1.29 is 19.8 Å². The van der Waals surface area contributed by atoms with Crippen LogP contribution in [-0.2, 0) is 4.79 Å². The summed E-state index contributed by atoms with van der Waals surface area (Å²) in [5.41, 5.74) is 0.316. The van der Waals surface area contributed by atoms with Crippen LogP contribution in [0.3, 0.4) is 0 Å². The van der Waals surface area contributed by atoms with E-state index in [0.717, 1.165) is 0 Å². The van der Waals surface area contributed by atoms with Crippen LogP contribution in [0.4, 0.5) is 5.82 Å². The number of hydrogen-bond donors (Lipinski definition) is 2. The van der Waals surface area contributed by atoms with Crippen molar-refractivity contribution in [1.29, 1.82) is 0 Å². The Balaban J connectivity index is 2.20. The first-order chi connectivity index (χ1) is 9.40. The Kier molecular flexibility index (Phi) is 3.89. The first kappa shape index (κ1) is 14.3. The number of carbonyl (C=O) groups excluding carboxylic acids is 1. The summed E-state index contributed by atoms with van der Waals surface area (Å²) in [7, 11) is 3.67. The Morgan fingerprint density at radius 3 is 2.60 bits per heavy atom. The van der Waals surface area contributed by atoms with Crippen LogP contribution >= 0.6 is 0 Å². The van der Waals surface area contributed by atoms with Gasteiger partial charge in [0.15, 0.2) is 0 Å². The van der Waals surface area contributed by atoms with Gasteiger partial charge in [-0.05, 0) is 12.1 Å². The van der Waals surface area contributed by atoms with Crippen molar-refractivity contribution in [3.05, 3.63) is 23.9 Å². The first-order valence-electron chi connectivity index (χ1n) is 6.25. The summed E-state index contributed by atoms with van der Waals surface area (Å²) < 4.78 is 0. The number of aliphatic carboxylic acids is 1. The molecular weight excluding hydrogens is 262 g/mol. The summed E-state index contributed by atoms with van der Waals surface area (Å²) in [5, 5.41) is 18.6. The minimum atomic E-state index is -1.10. The first-order valence-corrected chi connectivity index (χ1v) is 6.25. The Morgan fingerprint density at radius 2 is 2.10 bits per heavy atom. The van der Waals surface area contributed by atoms with E-state index in [-0.39, 0.29) is 13.0 Å².